The van der Waals surface area contributed by atoms with Crippen molar-refractivity contribution in [1.29, 1.82) is 0 Å². The summed E-state index contributed by atoms with van der Waals surface area (Å²) in [5, 5.41) is 2.94. The second kappa shape index (κ2) is 10.6. The Morgan fingerprint density at radius 1 is 1.13 bits per heavy atom. The molecule has 1 aromatic heterocycles. The molecule has 3 aromatic rings. The monoisotopic (exact) mass is 422 g/mol. The van der Waals surface area contributed by atoms with Gasteiger partial charge in [-0.05, 0) is 50.0 Å². The van der Waals surface area contributed by atoms with Crippen LogP contribution < -0.4 is 14.8 Å². The molecule has 0 atom stereocenters. The lowest BCUT2D eigenvalue weighted by Gasteiger charge is -2.13. The third kappa shape index (κ3) is 5.86. The van der Waals surface area contributed by atoms with Crippen molar-refractivity contribution in [3.63, 3.8) is 0 Å². The van der Waals surface area contributed by atoms with E-state index < -0.39 is 0 Å². The number of hydrogen-bond acceptors (Lipinski definition) is 5. The Morgan fingerprint density at radius 2 is 1.90 bits per heavy atom. The summed E-state index contributed by atoms with van der Waals surface area (Å²) in [5.41, 5.74) is 2.97. The molecular formula is C24H30N4O3. The Morgan fingerprint density at radius 3 is 2.65 bits per heavy atom. The minimum atomic E-state index is -0.147. The van der Waals surface area contributed by atoms with Gasteiger partial charge in [0.1, 0.15) is 5.82 Å². The number of carbonyl (C=O) groups excluding carboxylic acids is 1. The van der Waals surface area contributed by atoms with Crippen molar-refractivity contribution in [2.45, 2.75) is 13.0 Å². The standard InChI is InChI=1S/C24H30N4O3/c1-27(2)15-16-28-20-8-6-5-7-19(20)26-23(28)13-14-25-24(29)12-10-18-9-11-21(30-3)22(17-18)31-4/h5-12,17H,13-16H2,1-4H3,(H,25,29)/b12-10+. The van der Waals surface area contributed by atoms with Gasteiger partial charge in [-0.25, -0.2) is 4.98 Å². The van der Waals surface area contributed by atoms with Gasteiger partial charge in [-0.15, -0.1) is 0 Å². The SMILES string of the molecule is COc1ccc(/C=C/C(=O)NCCc2nc3ccccc3n2CCN(C)C)cc1OC. The Balaban J connectivity index is 1.61. The Bertz CT molecular complexity index is 1060. The number of imidazole rings is 1. The van der Waals surface area contributed by atoms with E-state index in [0.717, 1.165) is 35.5 Å². The van der Waals surface area contributed by atoms with E-state index in [1.54, 1.807) is 20.3 Å². The topological polar surface area (TPSA) is 68.6 Å². The summed E-state index contributed by atoms with van der Waals surface area (Å²) < 4.78 is 12.8. The highest BCUT2D eigenvalue weighted by atomic mass is 16.5. The van der Waals surface area contributed by atoms with E-state index >= 15 is 0 Å². The maximum atomic E-state index is 12.3. The summed E-state index contributed by atoms with van der Waals surface area (Å²) in [6, 6.07) is 13.7. The number of rotatable bonds is 10. The lowest BCUT2D eigenvalue weighted by molar-refractivity contribution is -0.116. The van der Waals surface area contributed by atoms with Crippen LogP contribution in [-0.4, -0.2) is 61.8 Å². The van der Waals surface area contributed by atoms with Gasteiger partial charge < -0.3 is 24.3 Å². The summed E-state index contributed by atoms with van der Waals surface area (Å²) in [7, 11) is 7.30. The fraction of sp³-hybridized carbons (Fsp3) is 0.333. The predicted octanol–water partition coefficient (Wildman–Crippen LogP) is 2.99. The van der Waals surface area contributed by atoms with Gasteiger partial charge >= 0.3 is 0 Å². The lowest BCUT2D eigenvalue weighted by Crippen LogP contribution is -2.25. The Hall–Kier alpha value is -3.32. The molecule has 0 aliphatic carbocycles. The number of aromatic nitrogens is 2. The minimum absolute atomic E-state index is 0.147. The second-order valence-corrected chi connectivity index (χ2v) is 7.46. The Labute approximate surface area is 183 Å². The molecule has 3 rings (SSSR count). The van der Waals surface area contributed by atoms with Gasteiger partial charge in [0.2, 0.25) is 5.91 Å². The second-order valence-electron chi connectivity index (χ2n) is 7.46. The average molecular weight is 423 g/mol. The number of fused-ring (bicyclic) bond motifs is 1. The van der Waals surface area contributed by atoms with E-state index in [1.165, 1.54) is 6.08 Å². The van der Waals surface area contributed by atoms with Gasteiger partial charge in [0.15, 0.2) is 11.5 Å². The number of amides is 1. The van der Waals surface area contributed by atoms with Crippen LogP contribution in [0.1, 0.15) is 11.4 Å². The molecule has 0 aliphatic heterocycles. The van der Waals surface area contributed by atoms with Crippen molar-refractivity contribution in [3.05, 3.63) is 59.9 Å². The number of para-hydroxylation sites is 2. The molecule has 1 heterocycles. The van der Waals surface area contributed by atoms with Crippen LogP contribution in [0.4, 0.5) is 0 Å². The van der Waals surface area contributed by atoms with Gasteiger partial charge in [-0.1, -0.05) is 18.2 Å². The first kappa shape index (κ1) is 22.4. The number of carbonyl (C=O) groups is 1. The van der Waals surface area contributed by atoms with Crippen molar-refractivity contribution < 1.29 is 14.3 Å². The zero-order valence-corrected chi connectivity index (χ0v) is 18.6. The first-order valence-electron chi connectivity index (χ1n) is 10.3. The third-order valence-electron chi connectivity index (χ3n) is 4.99. The van der Waals surface area contributed by atoms with E-state index in [9.17, 15) is 4.79 Å². The van der Waals surface area contributed by atoms with Crippen LogP contribution in [0.3, 0.4) is 0 Å². The molecule has 0 bridgehead atoms. The van der Waals surface area contributed by atoms with Crippen LogP contribution in [0.25, 0.3) is 17.1 Å². The minimum Gasteiger partial charge on any atom is -0.493 e. The van der Waals surface area contributed by atoms with Crippen LogP contribution in [0.5, 0.6) is 11.5 Å². The molecule has 7 heteroatoms. The van der Waals surface area contributed by atoms with E-state index in [1.807, 2.05) is 36.4 Å². The van der Waals surface area contributed by atoms with Gasteiger partial charge in [-0.2, -0.15) is 0 Å². The molecule has 0 radical (unpaired) electrons. The van der Waals surface area contributed by atoms with Crippen molar-refractivity contribution in [3.8, 4) is 11.5 Å². The van der Waals surface area contributed by atoms with Crippen LogP contribution in [0, 0.1) is 0 Å². The zero-order chi connectivity index (χ0) is 22.2. The summed E-state index contributed by atoms with van der Waals surface area (Å²) in [6.45, 7) is 2.30. The maximum Gasteiger partial charge on any atom is 0.244 e. The molecule has 0 saturated heterocycles. The molecule has 0 saturated carbocycles. The number of nitrogens with one attached hydrogen (secondary N) is 1. The van der Waals surface area contributed by atoms with Crippen LogP contribution in [-0.2, 0) is 17.8 Å². The number of hydrogen-bond donors (Lipinski definition) is 1. The number of nitrogens with zero attached hydrogens (tertiary/aromatic N) is 3. The molecular weight excluding hydrogens is 392 g/mol. The molecule has 31 heavy (non-hydrogen) atoms. The summed E-state index contributed by atoms with van der Waals surface area (Å²) in [6.07, 6.45) is 3.94. The van der Waals surface area contributed by atoms with E-state index in [4.69, 9.17) is 14.5 Å². The number of ether oxygens (including phenoxy) is 2. The molecule has 1 amide bonds. The molecule has 164 valence electrons. The molecule has 1 N–H and O–H groups in total. The summed E-state index contributed by atoms with van der Waals surface area (Å²) >= 11 is 0. The van der Waals surface area contributed by atoms with Crippen molar-refractivity contribution in [2.75, 3.05) is 41.4 Å². The fourth-order valence-corrected chi connectivity index (χ4v) is 3.35. The number of likely N-dealkylation sites (N-methyl/N-ethyl adjacent to an activating group) is 1. The largest absolute Gasteiger partial charge is 0.493 e. The van der Waals surface area contributed by atoms with Crippen molar-refractivity contribution in [1.82, 2.24) is 19.8 Å². The molecule has 2 aromatic carbocycles. The predicted molar refractivity (Wildman–Crippen MR) is 124 cm³/mol. The molecule has 0 aliphatic rings. The lowest BCUT2D eigenvalue weighted by atomic mass is 10.2. The number of methoxy groups -OCH3 is 2. The molecule has 0 spiro atoms. The van der Waals surface area contributed by atoms with Gasteiger partial charge in [0.05, 0.1) is 25.3 Å². The van der Waals surface area contributed by atoms with Crippen LogP contribution in [0.15, 0.2) is 48.5 Å². The van der Waals surface area contributed by atoms with Crippen LogP contribution >= 0.6 is 0 Å². The first-order chi connectivity index (χ1) is 15.0. The fourth-order valence-electron chi connectivity index (χ4n) is 3.35. The summed E-state index contributed by atoms with van der Waals surface area (Å²) in [5.74, 6) is 2.11. The van der Waals surface area contributed by atoms with Gasteiger partial charge in [-0.3, -0.25) is 4.79 Å². The highest BCUT2D eigenvalue weighted by Gasteiger charge is 2.11. The van der Waals surface area contributed by atoms with E-state index in [0.29, 0.717) is 24.5 Å². The maximum absolute atomic E-state index is 12.3. The molecule has 0 unspecified atom stereocenters. The van der Waals surface area contributed by atoms with E-state index in [2.05, 4.69) is 34.9 Å². The summed E-state index contributed by atoms with van der Waals surface area (Å²) in [4.78, 5) is 19.2. The zero-order valence-electron chi connectivity index (χ0n) is 18.6. The first-order valence-corrected chi connectivity index (χ1v) is 10.3. The van der Waals surface area contributed by atoms with E-state index in [-0.39, 0.29) is 5.91 Å². The molecule has 7 nitrogen and oxygen atoms in total. The normalized spacial score (nSPS) is 11.4. The highest BCUT2D eigenvalue weighted by Crippen LogP contribution is 2.27. The van der Waals surface area contributed by atoms with Crippen molar-refractivity contribution in [2.24, 2.45) is 0 Å². The number of benzene rings is 2. The average Bonchev–Trinajstić information content (AvgIpc) is 3.13. The quantitative estimate of drug-likeness (QED) is 0.509. The van der Waals surface area contributed by atoms with Crippen molar-refractivity contribution >= 4 is 23.0 Å². The molecule has 0 fully saturated rings. The Kier molecular flexibility index (Phi) is 7.67. The highest BCUT2D eigenvalue weighted by molar-refractivity contribution is 5.91. The smallest absolute Gasteiger partial charge is 0.244 e. The third-order valence-corrected chi connectivity index (χ3v) is 4.99. The van der Waals surface area contributed by atoms with Crippen LogP contribution in [0.2, 0.25) is 0 Å². The van der Waals surface area contributed by atoms with Gasteiger partial charge in [0.25, 0.3) is 0 Å². The van der Waals surface area contributed by atoms with Gasteiger partial charge in [0, 0.05) is 32.1 Å².